The second-order valence-electron chi connectivity index (χ2n) is 4.88. The van der Waals surface area contributed by atoms with Crippen LogP contribution in [0.5, 0.6) is 0 Å². The van der Waals surface area contributed by atoms with E-state index in [1.165, 1.54) is 14.2 Å². The zero-order valence-electron chi connectivity index (χ0n) is 13.6. The summed E-state index contributed by atoms with van der Waals surface area (Å²) in [5.74, 6) is -1.67. The molecule has 0 saturated carbocycles. The van der Waals surface area contributed by atoms with Crippen LogP contribution in [0.3, 0.4) is 0 Å². The number of nitrogen functional groups attached to an aromatic ring is 4. The summed E-state index contributed by atoms with van der Waals surface area (Å²) in [7, 11) is 2.42. The van der Waals surface area contributed by atoms with E-state index in [1.807, 2.05) is 45.2 Å². The van der Waals surface area contributed by atoms with Crippen molar-refractivity contribution < 1.29 is 19.1 Å². The molecule has 26 heavy (non-hydrogen) atoms. The fourth-order valence-electron chi connectivity index (χ4n) is 2.15. The fraction of sp³-hybridized carbons (Fsp3) is 0.143. The van der Waals surface area contributed by atoms with Gasteiger partial charge in [-0.15, -0.1) is 0 Å². The molecule has 0 bridgehead atoms. The summed E-state index contributed by atoms with van der Waals surface area (Å²) in [6.07, 6.45) is 0. The van der Waals surface area contributed by atoms with Crippen LogP contribution in [0.2, 0.25) is 0 Å². The van der Waals surface area contributed by atoms with Gasteiger partial charge in [0.2, 0.25) is 0 Å². The van der Waals surface area contributed by atoms with Crippen molar-refractivity contribution in [3.63, 3.8) is 0 Å². The lowest BCUT2D eigenvalue weighted by Gasteiger charge is -2.16. The topological polar surface area (TPSA) is 182 Å². The number of esters is 2. The van der Waals surface area contributed by atoms with Crippen molar-refractivity contribution in [2.75, 3.05) is 37.2 Å². The van der Waals surface area contributed by atoms with Crippen LogP contribution < -0.4 is 22.9 Å². The van der Waals surface area contributed by atoms with Crippen molar-refractivity contribution in [3.8, 4) is 11.4 Å². The van der Waals surface area contributed by atoms with Gasteiger partial charge in [-0.05, 0) is 45.2 Å². The highest BCUT2D eigenvalue weighted by molar-refractivity contribution is 14.1. The van der Waals surface area contributed by atoms with Gasteiger partial charge in [0.05, 0.1) is 32.7 Å². The van der Waals surface area contributed by atoms with Crippen LogP contribution in [0.25, 0.3) is 11.4 Å². The average Bonchev–Trinajstić information content (AvgIpc) is 2.61. The summed E-state index contributed by atoms with van der Waals surface area (Å²) in [5, 5.41) is 0. The lowest BCUT2D eigenvalue weighted by molar-refractivity contribution is 0.0593. The van der Waals surface area contributed by atoms with Gasteiger partial charge in [-0.3, -0.25) is 0 Å². The molecule has 2 rings (SSSR count). The van der Waals surface area contributed by atoms with Gasteiger partial charge in [0.25, 0.3) is 0 Å². The van der Waals surface area contributed by atoms with E-state index in [0.29, 0.717) is 7.14 Å². The summed E-state index contributed by atoms with van der Waals surface area (Å²) < 4.78 is 10.1. The zero-order valence-corrected chi connectivity index (χ0v) is 17.9. The molecule has 0 radical (unpaired) electrons. The molecule has 0 atom stereocenters. The normalized spacial score (nSPS) is 10.5. The molecule has 10 nitrogen and oxygen atoms in total. The number of nitrogens with zero attached hydrogens (tertiary/aromatic N) is 2. The molecule has 0 fully saturated rings. The molecule has 0 aromatic carbocycles. The van der Waals surface area contributed by atoms with Gasteiger partial charge in [0, 0.05) is 0 Å². The number of ether oxygens (including phenoxy) is 2. The zero-order chi connectivity index (χ0) is 19.8. The van der Waals surface area contributed by atoms with Crippen LogP contribution in [-0.4, -0.2) is 36.1 Å². The van der Waals surface area contributed by atoms with E-state index in [2.05, 4.69) is 19.4 Å². The standard InChI is InChI=1S/C14H14I2N6O4/c1-25-13(23)3-7(17)5(15)9(21-11(3)19)10-6(16)8(18)4(12(20)22-10)14(24)26-2/h1-2H3,(H4,17,19,21)(H4,18,20,22). The highest BCUT2D eigenvalue weighted by atomic mass is 127. The summed E-state index contributed by atoms with van der Waals surface area (Å²) in [6, 6.07) is 0. The number of hydrogen-bond acceptors (Lipinski definition) is 10. The number of hydrogen-bond donors (Lipinski definition) is 4. The second kappa shape index (κ2) is 7.65. The number of aromatic nitrogens is 2. The maximum atomic E-state index is 11.8. The molecule has 0 saturated heterocycles. The largest absolute Gasteiger partial charge is 0.465 e. The minimum Gasteiger partial charge on any atom is -0.465 e. The summed E-state index contributed by atoms with van der Waals surface area (Å²) in [5.41, 5.74) is 24.4. The van der Waals surface area contributed by atoms with E-state index in [4.69, 9.17) is 22.9 Å². The Hall–Kier alpha value is -2.10. The predicted octanol–water partition coefficient (Wildman–Crippen LogP) is 1.25. The van der Waals surface area contributed by atoms with Gasteiger partial charge in [-0.1, -0.05) is 0 Å². The van der Waals surface area contributed by atoms with Crippen molar-refractivity contribution in [1.82, 2.24) is 9.97 Å². The van der Waals surface area contributed by atoms with Crippen molar-refractivity contribution in [2.45, 2.75) is 0 Å². The number of methoxy groups -OCH3 is 2. The molecule has 2 aromatic rings. The smallest absolute Gasteiger partial charge is 0.343 e. The Morgan fingerprint density at radius 1 is 0.769 bits per heavy atom. The number of halogens is 2. The van der Waals surface area contributed by atoms with Crippen molar-refractivity contribution in [2.24, 2.45) is 0 Å². The number of carbonyl (C=O) groups is 2. The molecule has 8 N–H and O–H groups in total. The van der Waals surface area contributed by atoms with Gasteiger partial charge in [-0.25, -0.2) is 19.6 Å². The fourth-order valence-corrected chi connectivity index (χ4v) is 3.44. The number of nitrogens with two attached hydrogens (primary N) is 4. The highest BCUT2D eigenvalue weighted by Gasteiger charge is 2.27. The molecular weight excluding hydrogens is 570 g/mol. The average molecular weight is 584 g/mol. The Bertz CT molecular complexity index is 859. The third-order valence-corrected chi connectivity index (χ3v) is 5.59. The van der Waals surface area contributed by atoms with Gasteiger partial charge in [-0.2, -0.15) is 0 Å². The summed E-state index contributed by atoms with van der Waals surface area (Å²) >= 11 is 3.80. The van der Waals surface area contributed by atoms with Gasteiger partial charge in [0.15, 0.2) is 0 Å². The lowest BCUT2D eigenvalue weighted by atomic mass is 10.1. The van der Waals surface area contributed by atoms with Crippen LogP contribution in [0.4, 0.5) is 23.0 Å². The Labute approximate surface area is 175 Å². The highest BCUT2D eigenvalue weighted by Crippen LogP contribution is 2.37. The first-order valence-corrected chi connectivity index (χ1v) is 8.97. The number of pyridine rings is 2. The Balaban J connectivity index is 2.78. The van der Waals surface area contributed by atoms with Crippen LogP contribution >= 0.6 is 45.2 Å². The second-order valence-corrected chi connectivity index (χ2v) is 7.04. The first-order chi connectivity index (χ1) is 12.1. The number of rotatable bonds is 3. The first kappa shape index (κ1) is 20.2. The molecule has 0 aliphatic carbocycles. The maximum absolute atomic E-state index is 11.8. The van der Waals surface area contributed by atoms with E-state index < -0.39 is 11.9 Å². The van der Waals surface area contributed by atoms with Gasteiger partial charge < -0.3 is 32.4 Å². The van der Waals surface area contributed by atoms with E-state index >= 15 is 0 Å². The Morgan fingerprint density at radius 3 is 1.35 bits per heavy atom. The molecule has 0 amide bonds. The molecule has 138 valence electrons. The molecular formula is C14H14I2N6O4. The SMILES string of the molecule is COC(=O)c1c(N)nc(-c2nc(N)c(C(=O)OC)c(N)c2I)c(I)c1N. The maximum Gasteiger partial charge on any atom is 0.343 e. The molecule has 0 aliphatic heterocycles. The van der Waals surface area contributed by atoms with Gasteiger partial charge in [0.1, 0.15) is 34.2 Å². The van der Waals surface area contributed by atoms with Crippen LogP contribution in [0.15, 0.2) is 0 Å². The molecule has 2 heterocycles. The third kappa shape index (κ3) is 3.29. The third-order valence-electron chi connectivity index (χ3n) is 3.41. The minimum absolute atomic E-state index is 0.0391. The molecule has 12 heteroatoms. The van der Waals surface area contributed by atoms with Crippen molar-refractivity contribution in [1.29, 1.82) is 0 Å². The summed E-state index contributed by atoms with van der Waals surface area (Å²) in [4.78, 5) is 32.1. The van der Waals surface area contributed by atoms with E-state index in [-0.39, 0.29) is 45.5 Å². The molecule has 0 aliphatic rings. The van der Waals surface area contributed by atoms with Gasteiger partial charge >= 0.3 is 11.9 Å². The van der Waals surface area contributed by atoms with Crippen molar-refractivity contribution >= 4 is 80.1 Å². The van der Waals surface area contributed by atoms with Crippen LogP contribution in [-0.2, 0) is 9.47 Å². The van der Waals surface area contributed by atoms with E-state index in [0.717, 1.165) is 0 Å². The first-order valence-electron chi connectivity index (χ1n) is 6.81. The summed E-state index contributed by atoms with van der Waals surface area (Å²) in [6.45, 7) is 0. The predicted molar refractivity (Wildman–Crippen MR) is 113 cm³/mol. The van der Waals surface area contributed by atoms with Crippen molar-refractivity contribution in [3.05, 3.63) is 18.3 Å². The Morgan fingerprint density at radius 2 is 1.08 bits per heavy atom. The van der Waals surface area contributed by atoms with Crippen LogP contribution in [0.1, 0.15) is 20.7 Å². The lowest BCUT2D eigenvalue weighted by Crippen LogP contribution is -2.16. The number of anilines is 4. The molecule has 0 unspecified atom stereocenters. The quantitative estimate of drug-likeness (QED) is 0.303. The Kier molecular flexibility index (Phi) is 5.94. The van der Waals surface area contributed by atoms with Crippen LogP contribution in [0, 0.1) is 7.14 Å². The van der Waals surface area contributed by atoms with E-state index in [1.54, 1.807) is 0 Å². The number of carbonyl (C=O) groups excluding carboxylic acids is 2. The minimum atomic E-state index is -0.709. The molecule has 2 aromatic heterocycles. The monoisotopic (exact) mass is 584 g/mol. The van der Waals surface area contributed by atoms with E-state index in [9.17, 15) is 9.59 Å². The molecule has 0 spiro atoms.